The van der Waals surface area contributed by atoms with Gasteiger partial charge in [0.1, 0.15) is 0 Å². The van der Waals surface area contributed by atoms with Gasteiger partial charge in [0, 0.05) is 10.9 Å². The average Bonchev–Trinajstić information content (AvgIpc) is 3.13. The Morgan fingerprint density at radius 2 is 1.56 bits per heavy atom. The maximum absolute atomic E-state index is 12.5. The molecule has 1 N–H and O–H groups in total. The van der Waals surface area contributed by atoms with E-state index in [-0.39, 0.29) is 22.6 Å². The van der Waals surface area contributed by atoms with Crippen LogP contribution in [0.2, 0.25) is 0 Å². The van der Waals surface area contributed by atoms with Gasteiger partial charge in [0.2, 0.25) is 0 Å². The second kappa shape index (κ2) is 5.48. The van der Waals surface area contributed by atoms with Crippen molar-refractivity contribution in [3.05, 3.63) is 65.4 Å². The zero-order chi connectivity index (χ0) is 17.6. The zero-order valence-corrected chi connectivity index (χ0v) is 13.1. The highest BCUT2D eigenvalue weighted by atomic mass is 16.7. The largest absolute Gasteiger partial charge is 0.494 e. The minimum absolute atomic E-state index is 0.0280. The molecule has 2 heterocycles. The number of hydrogen-bond donors (Lipinski definition) is 1. The van der Waals surface area contributed by atoms with Crippen LogP contribution in [0.25, 0.3) is 10.9 Å². The number of methoxy groups -OCH3 is 1. The molecular formula is C18H12N2O5. The minimum atomic E-state index is -0.887. The number of rotatable bonds is 3. The fraction of sp³-hybridized carbons (Fsp3) is 0.0556. The maximum atomic E-state index is 12.5. The summed E-state index contributed by atoms with van der Waals surface area (Å²) < 4.78 is 5.28. The fourth-order valence-corrected chi connectivity index (χ4v) is 2.85. The number of hydroxylamine groups is 2. The first kappa shape index (κ1) is 14.9. The molecule has 0 atom stereocenters. The highest BCUT2D eigenvalue weighted by molar-refractivity contribution is 6.21. The molecule has 25 heavy (non-hydrogen) atoms. The number of imide groups is 1. The van der Waals surface area contributed by atoms with Gasteiger partial charge in [-0.15, -0.1) is 0 Å². The quantitative estimate of drug-likeness (QED) is 0.743. The Balaban J connectivity index is 1.68. The van der Waals surface area contributed by atoms with Crippen molar-refractivity contribution in [3.8, 4) is 5.75 Å². The van der Waals surface area contributed by atoms with Crippen molar-refractivity contribution in [2.24, 2.45) is 0 Å². The summed E-state index contributed by atoms with van der Waals surface area (Å²) in [6, 6.07) is 13.4. The SMILES string of the molecule is COc1c(C(=O)ON2C(=O)c3ccccc3C2=O)[nH]c2ccccc12. The Morgan fingerprint density at radius 1 is 0.960 bits per heavy atom. The van der Waals surface area contributed by atoms with Crippen molar-refractivity contribution in [3.63, 3.8) is 0 Å². The van der Waals surface area contributed by atoms with E-state index < -0.39 is 17.8 Å². The molecule has 1 aliphatic heterocycles. The molecule has 0 aliphatic carbocycles. The number of amides is 2. The van der Waals surface area contributed by atoms with E-state index in [1.165, 1.54) is 19.2 Å². The van der Waals surface area contributed by atoms with Crippen LogP contribution in [0.4, 0.5) is 0 Å². The molecule has 0 fully saturated rings. The molecule has 0 bridgehead atoms. The number of nitrogens with one attached hydrogen (secondary N) is 1. The van der Waals surface area contributed by atoms with Gasteiger partial charge in [-0.1, -0.05) is 29.3 Å². The third-order valence-electron chi connectivity index (χ3n) is 4.00. The van der Waals surface area contributed by atoms with E-state index in [9.17, 15) is 14.4 Å². The van der Waals surface area contributed by atoms with E-state index in [1.54, 1.807) is 36.4 Å². The van der Waals surface area contributed by atoms with Crippen molar-refractivity contribution in [1.82, 2.24) is 10.0 Å². The lowest BCUT2D eigenvalue weighted by Crippen LogP contribution is -2.32. The van der Waals surface area contributed by atoms with Crippen molar-refractivity contribution in [2.45, 2.75) is 0 Å². The average molecular weight is 336 g/mol. The second-order valence-electron chi connectivity index (χ2n) is 5.41. The van der Waals surface area contributed by atoms with Crippen LogP contribution >= 0.6 is 0 Å². The Morgan fingerprint density at radius 3 is 2.20 bits per heavy atom. The van der Waals surface area contributed by atoms with Crippen molar-refractivity contribution < 1.29 is 24.0 Å². The Bertz CT molecular complexity index is 1000. The van der Waals surface area contributed by atoms with Crippen molar-refractivity contribution >= 4 is 28.7 Å². The van der Waals surface area contributed by atoms with Crippen LogP contribution < -0.4 is 4.74 Å². The van der Waals surface area contributed by atoms with Gasteiger partial charge in [-0.25, -0.2) is 4.79 Å². The van der Waals surface area contributed by atoms with Crippen molar-refractivity contribution in [1.29, 1.82) is 0 Å². The highest BCUT2D eigenvalue weighted by Crippen LogP contribution is 2.31. The van der Waals surface area contributed by atoms with Crippen LogP contribution in [-0.2, 0) is 4.84 Å². The number of H-pyrrole nitrogens is 1. The van der Waals surface area contributed by atoms with Gasteiger partial charge < -0.3 is 14.6 Å². The van der Waals surface area contributed by atoms with E-state index in [1.807, 2.05) is 0 Å². The summed E-state index contributed by atoms with van der Waals surface area (Å²) in [6.45, 7) is 0. The van der Waals surface area contributed by atoms with E-state index >= 15 is 0 Å². The number of hydrogen-bond acceptors (Lipinski definition) is 5. The summed E-state index contributed by atoms with van der Waals surface area (Å²) in [7, 11) is 1.43. The number of fused-ring (bicyclic) bond motifs is 2. The minimum Gasteiger partial charge on any atom is -0.494 e. The molecule has 0 saturated heterocycles. The van der Waals surface area contributed by atoms with Crippen molar-refractivity contribution in [2.75, 3.05) is 7.11 Å². The standard InChI is InChI=1S/C18H12N2O5/c1-24-15-12-8-4-5-9-13(12)19-14(15)18(23)25-20-16(21)10-6-2-3-7-11(10)17(20)22/h2-9,19H,1H3. The molecular weight excluding hydrogens is 324 g/mol. The first-order chi connectivity index (χ1) is 12.1. The molecule has 0 radical (unpaired) electrons. The number of aromatic amines is 1. The van der Waals surface area contributed by atoms with Gasteiger partial charge in [0.25, 0.3) is 11.8 Å². The first-order valence-corrected chi connectivity index (χ1v) is 7.46. The molecule has 4 rings (SSSR count). The zero-order valence-electron chi connectivity index (χ0n) is 13.1. The van der Waals surface area contributed by atoms with Crippen LogP contribution in [0.1, 0.15) is 31.2 Å². The van der Waals surface area contributed by atoms with Gasteiger partial charge in [-0.3, -0.25) is 9.59 Å². The van der Waals surface area contributed by atoms with Gasteiger partial charge in [-0.05, 0) is 24.3 Å². The molecule has 1 aromatic heterocycles. The van der Waals surface area contributed by atoms with Gasteiger partial charge in [-0.2, -0.15) is 0 Å². The lowest BCUT2D eigenvalue weighted by molar-refractivity contribution is -0.0589. The molecule has 7 nitrogen and oxygen atoms in total. The van der Waals surface area contributed by atoms with Crippen LogP contribution in [0.15, 0.2) is 48.5 Å². The fourth-order valence-electron chi connectivity index (χ4n) is 2.85. The van der Waals surface area contributed by atoms with Crippen LogP contribution in [0.5, 0.6) is 5.75 Å². The summed E-state index contributed by atoms with van der Waals surface area (Å²) in [4.78, 5) is 45.0. The third-order valence-corrected chi connectivity index (χ3v) is 4.00. The summed E-state index contributed by atoms with van der Waals surface area (Å²) in [6.07, 6.45) is 0. The molecule has 2 aromatic carbocycles. The summed E-state index contributed by atoms with van der Waals surface area (Å²) >= 11 is 0. The molecule has 2 amide bonds. The number of carbonyl (C=O) groups is 3. The third kappa shape index (κ3) is 2.17. The summed E-state index contributed by atoms with van der Waals surface area (Å²) in [5, 5.41) is 1.16. The second-order valence-corrected chi connectivity index (χ2v) is 5.41. The number of aromatic nitrogens is 1. The van der Waals surface area contributed by atoms with E-state index in [0.717, 1.165) is 0 Å². The number of para-hydroxylation sites is 1. The smallest absolute Gasteiger partial charge is 0.383 e. The van der Waals surface area contributed by atoms with Gasteiger partial charge >= 0.3 is 5.97 Å². The Kier molecular flexibility index (Phi) is 3.28. The number of nitrogens with zero attached hydrogens (tertiary/aromatic N) is 1. The lowest BCUT2D eigenvalue weighted by Gasteiger charge is -2.12. The van der Waals surface area contributed by atoms with E-state index in [0.29, 0.717) is 16.0 Å². The maximum Gasteiger partial charge on any atom is 0.383 e. The van der Waals surface area contributed by atoms with E-state index in [2.05, 4.69) is 4.98 Å². The first-order valence-electron chi connectivity index (χ1n) is 7.46. The molecule has 0 spiro atoms. The predicted molar refractivity (Wildman–Crippen MR) is 87.2 cm³/mol. The number of ether oxygens (including phenoxy) is 1. The molecule has 1 aliphatic rings. The normalized spacial score (nSPS) is 13.2. The van der Waals surface area contributed by atoms with Gasteiger partial charge in [0.05, 0.1) is 18.2 Å². The number of benzene rings is 2. The molecule has 3 aromatic rings. The molecule has 7 heteroatoms. The Labute approximate surface area is 141 Å². The topological polar surface area (TPSA) is 88.7 Å². The van der Waals surface area contributed by atoms with Gasteiger partial charge in [0.15, 0.2) is 11.4 Å². The molecule has 124 valence electrons. The predicted octanol–water partition coefficient (Wildman–Crippen LogP) is 2.54. The summed E-state index contributed by atoms with van der Waals surface area (Å²) in [5.74, 6) is -1.95. The van der Waals surface area contributed by atoms with Crippen LogP contribution in [0.3, 0.4) is 0 Å². The number of carbonyl (C=O) groups excluding carboxylic acids is 3. The monoisotopic (exact) mass is 336 g/mol. The lowest BCUT2D eigenvalue weighted by atomic mass is 10.1. The van der Waals surface area contributed by atoms with Crippen LogP contribution in [0, 0.1) is 0 Å². The molecule has 0 unspecified atom stereocenters. The van der Waals surface area contributed by atoms with E-state index in [4.69, 9.17) is 9.57 Å². The van der Waals surface area contributed by atoms with Crippen LogP contribution in [-0.4, -0.2) is 34.9 Å². The summed E-state index contributed by atoms with van der Waals surface area (Å²) in [5.41, 5.74) is 1.10. The Hall–Kier alpha value is -3.61. The molecule has 0 saturated carbocycles. The highest BCUT2D eigenvalue weighted by Gasteiger charge is 2.39.